The van der Waals surface area contributed by atoms with Gasteiger partial charge in [-0.25, -0.2) is 0 Å². The monoisotopic (exact) mass is 254 g/mol. The number of carbonyl (C=O) groups excluding carboxylic acids is 1. The maximum Gasteiger partial charge on any atom is 0.227 e. The molecule has 1 fully saturated rings. The van der Waals surface area contributed by atoms with E-state index in [2.05, 4.69) is 19.2 Å². The van der Waals surface area contributed by atoms with Gasteiger partial charge in [-0.3, -0.25) is 4.79 Å². The molecule has 3 unspecified atom stereocenters. The van der Waals surface area contributed by atoms with Crippen molar-refractivity contribution in [3.63, 3.8) is 0 Å². The lowest BCUT2D eigenvalue weighted by molar-refractivity contribution is -0.131. The number of amides is 1. The fraction of sp³-hybridized carbons (Fsp3) is 0.933. The first kappa shape index (κ1) is 15.5. The quantitative estimate of drug-likeness (QED) is 0.734. The normalized spacial score (nSPS) is 29.2. The highest BCUT2D eigenvalue weighted by molar-refractivity contribution is 5.83. The van der Waals surface area contributed by atoms with Crippen LogP contribution < -0.4 is 11.1 Å². The van der Waals surface area contributed by atoms with Crippen molar-refractivity contribution < 1.29 is 4.79 Å². The molecule has 0 aromatic carbocycles. The average molecular weight is 254 g/mol. The molecular formula is C15H30N2O. The van der Waals surface area contributed by atoms with Crippen LogP contribution in [0.5, 0.6) is 0 Å². The van der Waals surface area contributed by atoms with Gasteiger partial charge in [0.15, 0.2) is 0 Å². The Bertz CT molecular complexity index is 267. The number of carbonyl (C=O) groups is 1. The molecule has 3 N–H and O–H groups in total. The largest absolute Gasteiger partial charge is 0.353 e. The van der Waals surface area contributed by atoms with E-state index in [-0.39, 0.29) is 17.4 Å². The van der Waals surface area contributed by atoms with E-state index in [1.807, 2.05) is 6.92 Å². The van der Waals surface area contributed by atoms with Gasteiger partial charge >= 0.3 is 0 Å². The summed E-state index contributed by atoms with van der Waals surface area (Å²) < 4.78 is 0. The predicted octanol–water partition coefficient (Wildman–Crippen LogP) is 2.98. The van der Waals surface area contributed by atoms with E-state index in [0.29, 0.717) is 6.04 Å². The molecule has 1 rings (SSSR count). The zero-order valence-corrected chi connectivity index (χ0v) is 12.3. The lowest BCUT2D eigenvalue weighted by Gasteiger charge is -2.30. The molecule has 18 heavy (non-hydrogen) atoms. The molecule has 1 saturated carbocycles. The van der Waals surface area contributed by atoms with Crippen LogP contribution in [0.2, 0.25) is 0 Å². The van der Waals surface area contributed by atoms with Crippen molar-refractivity contribution in [3.05, 3.63) is 0 Å². The van der Waals surface area contributed by atoms with Crippen LogP contribution in [-0.4, -0.2) is 18.0 Å². The lowest BCUT2D eigenvalue weighted by atomic mass is 9.83. The van der Waals surface area contributed by atoms with Gasteiger partial charge in [0.05, 0.1) is 5.41 Å². The standard InChI is InChI=1S/C15H30N2O/c1-4-6-9-12(8-5-2)17-14(18)15(3)11-7-10-13(15)16/h12-13H,4-11,16H2,1-3H3,(H,17,18). The van der Waals surface area contributed by atoms with Crippen LogP contribution in [0.1, 0.15) is 72.1 Å². The van der Waals surface area contributed by atoms with Crippen LogP contribution in [0.25, 0.3) is 0 Å². The second-order valence-corrected chi connectivity index (χ2v) is 6.02. The molecule has 0 aromatic rings. The van der Waals surface area contributed by atoms with Crippen LogP contribution in [0, 0.1) is 5.41 Å². The van der Waals surface area contributed by atoms with E-state index in [1.165, 1.54) is 12.8 Å². The Labute approximate surface area is 112 Å². The fourth-order valence-electron chi connectivity index (χ4n) is 2.91. The van der Waals surface area contributed by atoms with Crippen molar-refractivity contribution in [1.82, 2.24) is 5.32 Å². The highest BCUT2D eigenvalue weighted by Gasteiger charge is 2.43. The number of rotatable bonds is 7. The summed E-state index contributed by atoms with van der Waals surface area (Å²) in [7, 11) is 0. The molecule has 0 aromatic heterocycles. The molecule has 1 amide bonds. The Morgan fingerprint density at radius 3 is 2.61 bits per heavy atom. The molecule has 3 nitrogen and oxygen atoms in total. The maximum atomic E-state index is 12.4. The van der Waals surface area contributed by atoms with Crippen LogP contribution >= 0.6 is 0 Å². The second kappa shape index (κ2) is 7.13. The molecule has 3 atom stereocenters. The van der Waals surface area contributed by atoms with Gasteiger partial charge in [0.1, 0.15) is 0 Å². The Morgan fingerprint density at radius 2 is 2.11 bits per heavy atom. The molecule has 106 valence electrons. The van der Waals surface area contributed by atoms with Gasteiger partial charge in [0.2, 0.25) is 5.91 Å². The first-order chi connectivity index (χ1) is 8.54. The Kier molecular flexibility index (Phi) is 6.13. The second-order valence-electron chi connectivity index (χ2n) is 6.02. The highest BCUT2D eigenvalue weighted by Crippen LogP contribution is 2.37. The molecule has 0 heterocycles. The minimum atomic E-state index is -0.335. The van der Waals surface area contributed by atoms with Crippen molar-refractivity contribution >= 4 is 5.91 Å². The van der Waals surface area contributed by atoms with Crippen molar-refractivity contribution in [2.45, 2.75) is 84.2 Å². The zero-order chi connectivity index (χ0) is 13.6. The zero-order valence-electron chi connectivity index (χ0n) is 12.3. The number of unbranched alkanes of at least 4 members (excludes halogenated alkanes) is 1. The molecule has 0 spiro atoms. The van der Waals surface area contributed by atoms with Gasteiger partial charge in [0.25, 0.3) is 0 Å². The number of hydrogen-bond acceptors (Lipinski definition) is 2. The average Bonchev–Trinajstić information content (AvgIpc) is 2.68. The molecule has 3 heteroatoms. The number of hydrogen-bond donors (Lipinski definition) is 2. The third-order valence-electron chi connectivity index (χ3n) is 4.43. The third kappa shape index (κ3) is 3.71. The summed E-state index contributed by atoms with van der Waals surface area (Å²) in [5.41, 5.74) is 5.77. The van der Waals surface area contributed by atoms with Gasteiger partial charge in [-0.15, -0.1) is 0 Å². The van der Waals surface area contributed by atoms with Crippen molar-refractivity contribution in [2.75, 3.05) is 0 Å². The van der Waals surface area contributed by atoms with E-state index in [1.54, 1.807) is 0 Å². The maximum absolute atomic E-state index is 12.4. The Hall–Kier alpha value is -0.570. The minimum absolute atomic E-state index is 0.0333. The summed E-state index contributed by atoms with van der Waals surface area (Å²) in [6.07, 6.45) is 8.68. The third-order valence-corrected chi connectivity index (χ3v) is 4.43. The fourth-order valence-corrected chi connectivity index (χ4v) is 2.91. The summed E-state index contributed by atoms with van der Waals surface area (Å²) in [4.78, 5) is 12.4. The van der Waals surface area contributed by atoms with E-state index >= 15 is 0 Å². The molecule has 0 aliphatic heterocycles. The topological polar surface area (TPSA) is 55.1 Å². The first-order valence-corrected chi connectivity index (χ1v) is 7.61. The lowest BCUT2D eigenvalue weighted by Crippen LogP contribution is -2.50. The van der Waals surface area contributed by atoms with E-state index in [9.17, 15) is 4.79 Å². The SMILES string of the molecule is CCCCC(CCC)NC(=O)C1(C)CCCC1N. The van der Waals surface area contributed by atoms with Crippen molar-refractivity contribution in [1.29, 1.82) is 0 Å². The predicted molar refractivity (Wildman–Crippen MR) is 76.3 cm³/mol. The van der Waals surface area contributed by atoms with Crippen LogP contribution in [0.15, 0.2) is 0 Å². The molecule has 1 aliphatic rings. The smallest absolute Gasteiger partial charge is 0.227 e. The van der Waals surface area contributed by atoms with Gasteiger partial charge in [-0.1, -0.05) is 39.5 Å². The van der Waals surface area contributed by atoms with E-state index < -0.39 is 0 Å². The Balaban J connectivity index is 2.54. The summed E-state index contributed by atoms with van der Waals surface area (Å²) >= 11 is 0. The van der Waals surface area contributed by atoms with Crippen LogP contribution in [-0.2, 0) is 4.79 Å². The summed E-state index contributed by atoms with van der Waals surface area (Å²) in [5, 5.41) is 3.25. The first-order valence-electron chi connectivity index (χ1n) is 7.61. The van der Waals surface area contributed by atoms with Gasteiger partial charge in [-0.2, -0.15) is 0 Å². The van der Waals surface area contributed by atoms with Gasteiger partial charge < -0.3 is 11.1 Å². The highest BCUT2D eigenvalue weighted by atomic mass is 16.2. The van der Waals surface area contributed by atoms with Crippen molar-refractivity contribution in [2.24, 2.45) is 11.1 Å². The minimum Gasteiger partial charge on any atom is -0.353 e. The number of nitrogens with two attached hydrogens (primary N) is 1. The van der Waals surface area contributed by atoms with E-state index in [4.69, 9.17) is 5.73 Å². The molecule has 0 bridgehead atoms. The van der Waals surface area contributed by atoms with E-state index in [0.717, 1.165) is 38.5 Å². The van der Waals surface area contributed by atoms with Gasteiger partial charge in [-0.05, 0) is 32.6 Å². The molecule has 0 radical (unpaired) electrons. The van der Waals surface area contributed by atoms with Crippen molar-refractivity contribution in [3.8, 4) is 0 Å². The van der Waals surface area contributed by atoms with Gasteiger partial charge in [0, 0.05) is 12.1 Å². The molecular weight excluding hydrogens is 224 g/mol. The van der Waals surface area contributed by atoms with Crippen LogP contribution in [0.3, 0.4) is 0 Å². The molecule has 1 aliphatic carbocycles. The molecule has 0 saturated heterocycles. The van der Waals surface area contributed by atoms with Crippen LogP contribution in [0.4, 0.5) is 0 Å². The Morgan fingerprint density at radius 1 is 1.39 bits per heavy atom. The number of nitrogens with one attached hydrogen (secondary N) is 1. The summed E-state index contributed by atoms with van der Waals surface area (Å²) in [6, 6.07) is 0.373. The summed E-state index contributed by atoms with van der Waals surface area (Å²) in [6.45, 7) is 6.40. The summed E-state index contributed by atoms with van der Waals surface area (Å²) in [5.74, 6) is 0.182.